The predicted octanol–water partition coefficient (Wildman–Crippen LogP) is 6.18. The fourth-order valence-electron chi connectivity index (χ4n) is 3.78. The molecule has 0 radical (unpaired) electrons. The first-order chi connectivity index (χ1) is 14.6. The quantitative estimate of drug-likeness (QED) is 0.362. The molecule has 0 aliphatic heterocycles. The fourth-order valence-corrected chi connectivity index (χ4v) is 5.71. The number of aromatic nitrogens is 2. The van der Waals surface area contributed by atoms with E-state index in [1.54, 1.807) is 0 Å². The lowest BCUT2D eigenvalue weighted by Gasteiger charge is -2.04. The molecular formula is C22H19ClN4OS2. The van der Waals surface area contributed by atoms with Crippen molar-refractivity contribution in [3.8, 4) is 11.3 Å². The molecule has 1 aliphatic rings. The second kappa shape index (κ2) is 7.98. The van der Waals surface area contributed by atoms with Crippen LogP contribution in [-0.4, -0.2) is 15.9 Å². The molecule has 3 aromatic heterocycles. The van der Waals surface area contributed by atoms with E-state index in [1.165, 1.54) is 41.1 Å². The van der Waals surface area contributed by atoms with Gasteiger partial charge >= 0.3 is 0 Å². The van der Waals surface area contributed by atoms with Gasteiger partial charge in [-0.15, -0.1) is 22.7 Å². The Labute approximate surface area is 186 Å². The van der Waals surface area contributed by atoms with E-state index >= 15 is 0 Å². The molecule has 0 unspecified atom stereocenters. The van der Waals surface area contributed by atoms with Gasteiger partial charge in [0.2, 0.25) is 0 Å². The molecule has 5 nitrogen and oxygen atoms in total. The van der Waals surface area contributed by atoms with Gasteiger partial charge in [0, 0.05) is 27.0 Å². The number of fused-ring (bicyclic) bond motifs is 2. The number of thiazole rings is 1. The molecule has 0 atom stereocenters. The molecule has 0 fully saturated rings. The van der Waals surface area contributed by atoms with Crippen LogP contribution in [0.5, 0.6) is 0 Å². The SMILES string of the molecule is Nc1c(C(=O)Nc2nc(-c3ccccc3Cl)cs2)sc2nc3c(cc12)CCCCC3. The fraction of sp³-hybridized carbons (Fsp3) is 0.227. The number of amides is 1. The Morgan fingerprint density at radius 3 is 2.83 bits per heavy atom. The number of hydrogen-bond donors (Lipinski definition) is 2. The molecule has 1 aliphatic carbocycles. The van der Waals surface area contributed by atoms with Gasteiger partial charge in [-0.2, -0.15) is 0 Å². The third-order valence-electron chi connectivity index (χ3n) is 5.33. The summed E-state index contributed by atoms with van der Waals surface area (Å²) in [5.41, 5.74) is 10.8. The standard InChI is InChI=1S/C22H19ClN4OS2/c23-15-8-5-4-7-13(15)17-11-29-22(26-17)27-20(28)19-18(24)14-10-12-6-2-1-3-9-16(12)25-21(14)30-19/h4-5,7-8,10-11H,1-3,6,9,24H2,(H,26,27,28). The molecule has 3 N–H and O–H groups in total. The summed E-state index contributed by atoms with van der Waals surface area (Å²) >= 11 is 8.96. The normalized spacial score (nSPS) is 13.8. The maximum atomic E-state index is 12.9. The summed E-state index contributed by atoms with van der Waals surface area (Å²) in [6, 6.07) is 9.64. The minimum Gasteiger partial charge on any atom is -0.397 e. The van der Waals surface area contributed by atoms with Gasteiger partial charge in [0.1, 0.15) is 9.71 Å². The average molecular weight is 455 g/mol. The molecule has 0 saturated heterocycles. The number of pyridine rings is 1. The number of nitrogen functional groups attached to an aromatic ring is 1. The molecule has 3 heterocycles. The van der Waals surface area contributed by atoms with Crippen molar-refractivity contribution in [2.45, 2.75) is 32.1 Å². The van der Waals surface area contributed by atoms with Crippen molar-refractivity contribution in [2.75, 3.05) is 11.1 Å². The van der Waals surface area contributed by atoms with E-state index in [-0.39, 0.29) is 5.91 Å². The first-order valence-corrected chi connectivity index (χ1v) is 11.9. The molecule has 0 bridgehead atoms. The molecule has 5 rings (SSSR count). The molecule has 0 saturated carbocycles. The lowest BCUT2D eigenvalue weighted by atomic mass is 10.1. The van der Waals surface area contributed by atoms with Crippen molar-refractivity contribution in [2.24, 2.45) is 0 Å². The zero-order valence-electron chi connectivity index (χ0n) is 16.1. The van der Waals surface area contributed by atoms with E-state index < -0.39 is 0 Å². The molecule has 1 amide bonds. The third-order valence-corrected chi connectivity index (χ3v) is 7.53. The highest BCUT2D eigenvalue weighted by Crippen LogP contribution is 2.36. The molecule has 8 heteroatoms. The van der Waals surface area contributed by atoms with Gasteiger partial charge in [-0.3, -0.25) is 10.1 Å². The highest BCUT2D eigenvalue weighted by atomic mass is 35.5. The van der Waals surface area contributed by atoms with Gasteiger partial charge < -0.3 is 5.73 Å². The number of carbonyl (C=O) groups is 1. The lowest BCUT2D eigenvalue weighted by Crippen LogP contribution is -2.11. The zero-order chi connectivity index (χ0) is 20.7. The van der Waals surface area contributed by atoms with E-state index in [9.17, 15) is 4.79 Å². The van der Waals surface area contributed by atoms with Crippen molar-refractivity contribution in [3.63, 3.8) is 0 Å². The average Bonchev–Trinajstić information content (AvgIpc) is 3.24. The van der Waals surface area contributed by atoms with Crippen LogP contribution >= 0.6 is 34.3 Å². The monoisotopic (exact) mass is 454 g/mol. The molecule has 152 valence electrons. The molecule has 30 heavy (non-hydrogen) atoms. The molecule has 0 spiro atoms. The van der Waals surface area contributed by atoms with Crippen LogP contribution in [0.3, 0.4) is 0 Å². The van der Waals surface area contributed by atoms with Crippen LogP contribution in [0.1, 0.15) is 40.2 Å². The predicted molar refractivity (Wildman–Crippen MR) is 126 cm³/mol. The minimum absolute atomic E-state index is 0.259. The van der Waals surface area contributed by atoms with Crippen molar-refractivity contribution in [1.29, 1.82) is 0 Å². The van der Waals surface area contributed by atoms with Crippen LogP contribution in [0.2, 0.25) is 5.02 Å². The van der Waals surface area contributed by atoms with E-state index in [2.05, 4.69) is 16.4 Å². The third kappa shape index (κ3) is 3.57. The van der Waals surface area contributed by atoms with E-state index in [0.29, 0.717) is 20.7 Å². The Morgan fingerprint density at radius 1 is 1.13 bits per heavy atom. The van der Waals surface area contributed by atoms with E-state index in [1.807, 2.05) is 29.6 Å². The minimum atomic E-state index is -0.259. The second-order valence-electron chi connectivity index (χ2n) is 7.32. The smallest absolute Gasteiger partial charge is 0.269 e. The first kappa shape index (κ1) is 19.5. The van der Waals surface area contributed by atoms with E-state index in [0.717, 1.165) is 46.4 Å². The maximum absolute atomic E-state index is 12.9. The highest BCUT2D eigenvalue weighted by Gasteiger charge is 2.21. The van der Waals surface area contributed by atoms with Crippen molar-refractivity contribution < 1.29 is 4.79 Å². The number of benzene rings is 1. The summed E-state index contributed by atoms with van der Waals surface area (Å²) in [6.07, 6.45) is 5.59. The molecule has 1 aromatic carbocycles. The van der Waals surface area contributed by atoms with Gasteiger partial charge in [-0.25, -0.2) is 9.97 Å². The first-order valence-electron chi connectivity index (χ1n) is 9.82. The maximum Gasteiger partial charge on any atom is 0.269 e. The van der Waals surface area contributed by atoms with Crippen LogP contribution < -0.4 is 11.1 Å². The van der Waals surface area contributed by atoms with Crippen LogP contribution in [0.15, 0.2) is 35.7 Å². The number of carbonyl (C=O) groups excluding carboxylic acids is 1. The van der Waals surface area contributed by atoms with Crippen molar-refractivity contribution in [1.82, 2.24) is 9.97 Å². The number of hydrogen-bond acceptors (Lipinski definition) is 6. The second-order valence-corrected chi connectivity index (χ2v) is 9.59. The van der Waals surface area contributed by atoms with Gasteiger partial charge in [-0.05, 0) is 43.4 Å². The van der Waals surface area contributed by atoms with Crippen LogP contribution in [0, 0.1) is 0 Å². The largest absolute Gasteiger partial charge is 0.397 e. The Bertz CT molecular complexity index is 1260. The van der Waals surface area contributed by atoms with Crippen LogP contribution in [-0.2, 0) is 12.8 Å². The highest BCUT2D eigenvalue weighted by molar-refractivity contribution is 7.21. The zero-order valence-corrected chi connectivity index (χ0v) is 18.5. The van der Waals surface area contributed by atoms with Crippen molar-refractivity contribution in [3.05, 3.63) is 56.9 Å². The van der Waals surface area contributed by atoms with Gasteiger partial charge in [0.05, 0.1) is 11.4 Å². The summed E-state index contributed by atoms with van der Waals surface area (Å²) in [6.45, 7) is 0. The van der Waals surface area contributed by atoms with Crippen LogP contribution in [0.4, 0.5) is 10.8 Å². The number of aryl methyl sites for hydroxylation is 2. The van der Waals surface area contributed by atoms with Crippen LogP contribution in [0.25, 0.3) is 21.5 Å². The van der Waals surface area contributed by atoms with Gasteiger partial charge in [0.25, 0.3) is 5.91 Å². The number of nitrogens with zero attached hydrogens (tertiary/aromatic N) is 2. The van der Waals surface area contributed by atoms with Crippen molar-refractivity contribution >= 4 is 61.2 Å². The number of rotatable bonds is 3. The molecule has 4 aromatic rings. The summed E-state index contributed by atoms with van der Waals surface area (Å²) < 4.78 is 0. The number of thiophene rings is 1. The number of halogens is 1. The van der Waals surface area contributed by atoms with Gasteiger partial charge in [0.15, 0.2) is 5.13 Å². The Hall–Kier alpha value is -2.48. The topological polar surface area (TPSA) is 80.9 Å². The summed E-state index contributed by atoms with van der Waals surface area (Å²) in [7, 11) is 0. The Kier molecular flexibility index (Phi) is 5.18. The number of nitrogens with one attached hydrogen (secondary N) is 1. The summed E-state index contributed by atoms with van der Waals surface area (Å²) in [5.74, 6) is -0.259. The Morgan fingerprint density at radius 2 is 1.97 bits per heavy atom. The summed E-state index contributed by atoms with van der Waals surface area (Å²) in [5, 5.41) is 6.77. The summed E-state index contributed by atoms with van der Waals surface area (Å²) in [4.78, 5) is 23.6. The lowest BCUT2D eigenvalue weighted by molar-refractivity contribution is 0.103. The Balaban J connectivity index is 1.43. The molecular weight excluding hydrogens is 436 g/mol. The van der Waals surface area contributed by atoms with E-state index in [4.69, 9.17) is 22.3 Å². The van der Waals surface area contributed by atoms with Gasteiger partial charge in [-0.1, -0.05) is 36.2 Å². The number of anilines is 2. The number of nitrogens with two attached hydrogens (primary N) is 1.